The Morgan fingerprint density at radius 3 is 2.06 bits per heavy atom. The highest BCUT2D eigenvalue weighted by molar-refractivity contribution is 6.14. The predicted molar refractivity (Wildman–Crippen MR) is 69.6 cm³/mol. The van der Waals surface area contributed by atoms with Crippen LogP contribution in [0.15, 0.2) is 47.6 Å². The van der Waals surface area contributed by atoms with Crippen LogP contribution in [0.3, 0.4) is 0 Å². The van der Waals surface area contributed by atoms with Crippen molar-refractivity contribution >= 4 is 27.2 Å². The van der Waals surface area contributed by atoms with Crippen LogP contribution < -0.4 is 0 Å². The Balaban J connectivity index is 2.67. The van der Waals surface area contributed by atoms with Gasteiger partial charge >= 0.3 is 0 Å². The largest absolute Gasteiger partial charge is 0.507 e. The smallest absolute Gasteiger partial charge is 0.133 e. The molecule has 4 nitrogen and oxygen atoms in total. The Morgan fingerprint density at radius 1 is 0.778 bits per heavy atom. The van der Waals surface area contributed by atoms with Gasteiger partial charge in [0.15, 0.2) is 0 Å². The molecule has 0 aliphatic carbocycles. The standard InChI is InChI=1S/C14H10N2O2/c15-16-11-7-3-6-10-12(11)14(18)9-5-2-1-4-8(9)13(10)17/h1-7,15,17-18H. The minimum atomic E-state index is 0.0463. The predicted octanol–water partition coefficient (Wildman–Crippen LogP) is 4.07. The number of hydrogen-bond donors (Lipinski definition) is 3. The van der Waals surface area contributed by atoms with Crippen LogP contribution >= 0.6 is 0 Å². The number of rotatable bonds is 1. The first-order chi connectivity index (χ1) is 8.74. The zero-order valence-electron chi connectivity index (χ0n) is 9.38. The highest BCUT2D eigenvalue weighted by Crippen LogP contribution is 2.44. The zero-order valence-corrected chi connectivity index (χ0v) is 9.38. The number of phenolic OH excluding ortho intramolecular Hbond substituents is 2. The number of nitrogens with one attached hydrogen (secondary N) is 1. The highest BCUT2D eigenvalue weighted by atomic mass is 16.3. The molecule has 0 saturated heterocycles. The number of phenols is 2. The highest BCUT2D eigenvalue weighted by Gasteiger charge is 2.14. The van der Waals surface area contributed by atoms with E-state index in [0.717, 1.165) is 0 Å². The van der Waals surface area contributed by atoms with Crippen LogP contribution in [0.2, 0.25) is 0 Å². The van der Waals surface area contributed by atoms with Gasteiger partial charge in [-0.15, -0.1) is 0 Å². The third kappa shape index (κ3) is 1.26. The second-order valence-corrected chi connectivity index (χ2v) is 4.05. The molecule has 0 fully saturated rings. The Labute approximate surface area is 103 Å². The molecular weight excluding hydrogens is 228 g/mol. The topological polar surface area (TPSA) is 76.7 Å². The van der Waals surface area contributed by atoms with Gasteiger partial charge in [0.2, 0.25) is 0 Å². The second kappa shape index (κ2) is 3.70. The average molecular weight is 238 g/mol. The van der Waals surface area contributed by atoms with Gasteiger partial charge in [0.05, 0.1) is 11.1 Å². The summed E-state index contributed by atoms with van der Waals surface area (Å²) >= 11 is 0. The lowest BCUT2D eigenvalue weighted by atomic mass is 9.99. The molecule has 3 aromatic carbocycles. The van der Waals surface area contributed by atoms with Crippen molar-refractivity contribution in [3.05, 3.63) is 42.5 Å². The fourth-order valence-corrected chi connectivity index (χ4v) is 2.26. The molecule has 0 amide bonds. The molecule has 0 aliphatic heterocycles. The van der Waals surface area contributed by atoms with Gasteiger partial charge in [-0.2, -0.15) is 5.11 Å². The van der Waals surface area contributed by atoms with Gasteiger partial charge in [0, 0.05) is 16.2 Å². The molecule has 0 spiro atoms. The van der Waals surface area contributed by atoms with E-state index in [4.69, 9.17) is 5.53 Å². The summed E-state index contributed by atoms with van der Waals surface area (Å²) in [6, 6.07) is 12.1. The van der Waals surface area contributed by atoms with E-state index in [1.54, 1.807) is 42.5 Å². The molecule has 0 unspecified atom stereocenters. The van der Waals surface area contributed by atoms with Crippen molar-refractivity contribution in [2.75, 3.05) is 0 Å². The van der Waals surface area contributed by atoms with Crippen molar-refractivity contribution in [3.63, 3.8) is 0 Å². The van der Waals surface area contributed by atoms with Crippen LogP contribution in [0.4, 0.5) is 5.69 Å². The van der Waals surface area contributed by atoms with Gasteiger partial charge in [-0.05, 0) is 6.07 Å². The fourth-order valence-electron chi connectivity index (χ4n) is 2.26. The van der Waals surface area contributed by atoms with Gasteiger partial charge in [-0.3, -0.25) is 0 Å². The molecule has 0 heterocycles. The summed E-state index contributed by atoms with van der Waals surface area (Å²) in [4.78, 5) is 0. The molecule has 0 aliphatic rings. The van der Waals surface area contributed by atoms with Crippen LogP contribution in [0.1, 0.15) is 0 Å². The molecule has 88 valence electrons. The van der Waals surface area contributed by atoms with E-state index in [0.29, 0.717) is 27.2 Å². The van der Waals surface area contributed by atoms with Gasteiger partial charge < -0.3 is 10.2 Å². The van der Waals surface area contributed by atoms with Crippen LogP contribution in [-0.2, 0) is 0 Å². The SMILES string of the molecule is N=Nc1cccc2c(O)c3ccccc3c(O)c12. The Hall–Kier alpha value is -2.62. The average Bonchev–Trinajstić information content (AvgIpc) is 2.44. The minimum Gasteiger partial charge on any atom is -0.507 e. The third-order valence-corrected chi connectivity index (χ3v) is 3.09. The summed E-state index contributed by atoms with van der Waals surface area (Å²) in [5.41, 5.74) is 7.47. The van der Waals surface area contributed by atoms with Crippen LogP contribution in [-0.4, -0.2) is 10.2 Å². The van der Waals surface area contributed by atoms with Gasteiger partial charge in [0.1, 0.15) is 11.5 Å². The Kier molecular flexibility index (Phi) is 2.16. The summed E-state index contributed by atoms with van der Waals surface area (Å²) in [7, 11) is 0. The number of hydrogen-bond acceptors (Lipinski definition) is 4. The molecule has 3 rings (SSSR count). The van der Waals surface area contributed by atoms with E-state index >= 15 is 0 Å². The van der Waals surface area contributed by atoms with Gasteiger partial charge in [-0.1, -0.05) is 36.4 Å². The molecule has 3 N–H and O–H groups in total. The van der Waals surface area contributed by atoms with Crippen LogP contribution in [0, 0.1) is 5.53 Å². The second-order valence-electron chi connectivity index (χ2n) is 4.05. The Morgan fingerprint density at radius 2 is 1.39 bits per heavy atom. The molecular formula is C14H10N2O2. The molecule has 3 aromatic rings. The summed E-state index contributed by atoms with van der Waals surface area (Å²) < 4.78 is 0. The molecule has 18 heavy (non-hydrogen) atoms. The summed E-state index contributed by atoms with van der Waals surface area (Å²) in [6.07, 6.45) is 0. The van der Waals surface area contributed by atoms with E-state index in [1.807, 2.05) is 0 Å². The lowest BCUT2D eigenvalue weighted by molar-refractivity contribution is 0.478. The quantitative estimate of drug-likeness (QED) is 0.339. The lowest BCUT2D eigenvalue weighted by Crippen LogP contribution is -1.81. The number of aromatic hydroxyl groups is 2. The molecule has 0 aromatic heterocycles. The van der Waals surface area contributed by atoms with Crippen molar-refractivity contribution < 1.29 is 10.2 Å². The lowest BCUT2D eigenvalue weighted by Gasteiger charge is -2.10. The van der Waals surface area contributed by atoms with E-state index in [9.17, 15) is 10.2 Å². The van der Waals surface area contributed by atoms with E-state index in [1.165, 1.54) is 0 Å². The van der Waals surface area contributed by atoms with Crippen LogP contribution in [0.25, 0.3) is 21.5 Å². The minimum absolute atomic E-state index is 0.0463. The molecule has 0 atom stereocenters. The monoisotopic (exact) mass is 238 g/mol. The van der Waals surface area contributed by atoms with Crippen molar-refractivity contribution in [1.82, 2.24) is 0 Å². The number of benzene rings is 3. The van der Waals surface area contributed by atoms with Gasteiger partial charge in [0.25, 0.3) is 0 Å². The molecule has 0 radical (unpaired) electrons. The third-order valence-electron chi connectivity index (χ3n) is 3.09. The first-order valence-electron chi connectivity index (χ1n) is 5.47. The molecule has 0 bridgehead atoms. The maximum atomic E-state index is 10.3. The maximum Gasteiger partial charge on any atom is 0.133 e. The van der Waals surface area contributed by atoms with Crippen LogP contribution in [0.5, 0.6) is 11.5 Å². The fraction of sp³-hybridized carbons (Fsp3) is 0. The van der Waals surface area contributed by atoms with Gasteiger partial charge in [-0.25, -0.2) is 5.53 Å². The van der Waals surface area contributed by atoms with E-state index in [-0.39, 0.29) is 11.5 Å². The van der Waals surface area contributed by atoms with Crippen molar-refractivity contribution in [2.24, 2.45) is 5.11 Å². The van der Waals surface area contributed by atoms with E-state index in [2.05, 4.69) is 5.11 Å². The first kappa shape index (κ1) is 10.5. The van der Waals surface area contributed by atoms with E-state index < -0.39 is 0 Å². The Bertz CT molecular complexity index is 781. The summed E-state index contributed by atoms with van der Waals surface area (Å²) in [5.74, 6) is 0.147. The van der Waals surface area contributed by atoms with Crippen molar-refractivity contribution in [1.29, 1.82) is 5.53 Å². The van der Waals surface area contributed by atoms with Crippen molar-refractivity contribution in [3.8, 4) is 11.5 Å². The first-order valence-corrected chi connectivity index (χ1v) is 5.47. The van der Waals surface area contributed by atoms with Crippen molar-refractivity contribution in [2.45, 2.75) is 0 Å². The number of nitrogens with zero attached hydrogens (tertiary/aromatic N) is 1. The molecule has 4 heteroatoms. The number of fused-ring (bicyclic) bond motifs is 2. The zero-order chi connectivity index (χ0) is 12.7. The maximum absolute atomic E-state index is 10.3. The normalized spacial score (nSPS) is 10.9. The summed E-state index contributed by atoms with van der Waals surface area (Å²) in [5, 5.41) is 26.0. The molecule has 0 saturated carbocycles. The summed E-state index contributed by atoms with van der Waals surface area (Å²) in [6.45, 7) is 0.